The fraction of sp³-hybridized carbons (Fsp3) is 0.286. The second-order valence-electron chi connectivity index (χ2n) is 12.4. The molecule has 0 bridgehead atoms. The molecule has 0 aromatic heterocycles. The number of hydrogen-bond donors (Lipinski definition) is 8. The topological polar surface area (TPSA) is 266 Å². The van der Waals surface area contributed by atoms with Gasteiger partial charge in [-0.15, -0.1) is 0 Å². The number of esters is 1. The number of allylic oxidation sites excluding steroid dienone is 1. The van der Waals surface area contributed by atoms with Crippen molar-refractivity contribution in [2.24, 2.45) is 15.7 Å². The molecular weight excluding hydrogens is 850 g/mol. The molecule has 0 aliphatic carbocycles. The Morgan fingerprint density at radius 3 is 1.87 bits per heavy atom. The van der Waals surface area contributed by atoms with Crippen molar-refractivity contribution in [2.75, 3.05) is 37.6 Å². The first kappa shape index (κ1) is 45.2. The maximum absolute atomic E-state index is 12.0. The van der Waals surface area contributed by atoms with E-state index in [1.165, 1.54) is 25.1 Å². The lowest BCUT2D eigenvalue weighted by atomic mass is 10.1. The number of anilines is 2. The van der Waals surface area contributed by atoms with Crippen molar-refractivity contribution in [1.29, 1.82) is 0 Å². The minimum absolute atomic E-state index is 0.0666. The molecular formula is C35H45Br2N9O7S. The third kappa shape index (κ3) is 17.2. The number of halogens is 2. The second kappa shape index (κ2) is 21.0. The quantitative estimate of drug-likeness (QED) is 0.0597. The lowest BCUT2D eigenvalue weighted by molar-refractivity contribution is -0.117. The predicted octanol–water partition coefficient (Wildman–Crippen LogP) is 3.87. The summed E-state index contributed by atoms with van der Waals surface area (Å²) in [7, 11) is -4.02. The molecule has 19 heteroatoms. The van der Waals surface area contributed by atoms with Gasteiger partial charge >= 0.3 is 5.97 Å². The van der Waals surface area contributed by atoms with Gasteiger partial charge in [-0.1, -0.05) is 49.6 Å². The molecule has 2 aliphatic heterocycles. The summed E-state index contributed by atoms with van der Waals surface area (Å²) in [6.45, 7) is 12.2. The van der Waals surface area contributed by atoms with Crippen LogP contribution in [0.2, 0.25) is 0 Å². The Labute approximate surface area is 331 Å². The average molecular weight is 896 g/mol. The van der Waals surface area contributed by atoms with Crippen LogP contribution in [0, 0.1) is 6.92 Å². The van der Waals surface area contributed by atoms with Crippen LogP contribution in [0.3, 0.4) is 0 Å². The fourth-order valence-electron chi connectivity index (χ4n) is 4.03. The Hall–Kier alpha value is -4.98. The van der Waals surface area contributed by atoms with Crippen LogP contribution >= 0.6 is 31.9 Å². The van der Waals surface area contributed by atoms with Gasteiger partial charge in [0.1, 0.15) is 5.76 Å². The molecule has 54 heavy (non-hydrogen) atoms. The molecule has 11 N–H and O–H groups in total. The number of nitrogens with one attached hydrogen (secondary N) is 4. The van der Waals surface area contributed by atoms with Gasteiger partial charge < -0.3 is 37.9 Å². The highest BCUT2D eigenvalue weighted by atomic mass is 79.9. The fourth-order valence-corrected chi connectivity index (χ4v) is 5.24. The van der Waals surface area contributed by atoms with E-state index < -0.39 is 16.1 Å². The molecule has 3 aromatic rings. The number of aryl methyl sites for hydroxylation is 1. The van der Waals surface area contributed by atoms with Gasteiger partial charge in [-0.25, -0.2) is 4.79 Å². The molecule has 0 atom stereocenters. The first-order chi connectivity index (χ1) is 25.1. The number of nitrogen functional groups attached to an aromatic ring is 2. The third-order valence-electron chi connectivity index (χ3n) is 6.51. The highest BCUT2D eigenvalue weighted by molar-refractivity contribution is 9.10. The standard InChI is InChI=1S/C15H19BrN2O3.C10H11BrN4O.C7H8O3S.C3H7N3/c1-9(7-13(19)18-15(2,3)4)21-14(20)11-8-10(16)5-6-12(11)17;11-6-1-2-8(12)7(5-6)9(16)15-10-13-3-4-14-10;1-6-2-4-7(5-3-6)11(8,9)10;4-3-5-1-2-6-3/h5-8H,17H2,1-4H3,(H,18,19);1-2,5H,3-4,12H2,(H2,13,14,15,16);2-5H,1H3,(H,8,9,10);1-2H2,(H3,4,5,6)/b9-7+;;;. The van der Waals surface area contributed by atoms with E-state index >= 15 is 0 Å². The van der Waals surface area contributed by atoms with E-state index in [1.807, 2.05) is 27.7 Å². The van der Waals surface area contributed by atoms with Crippen LogP contribution in [-0.2, 0) is 19.6 Å². The van der Waals surface area contributed by atoms with Gasteiger partial charge in [0, 0.05) is 45.0 Å². The molecule has 292 valence electrons. The Balaban J connectivity index is 0.000000269. The van der Waals surface area contributed by atoms with Crippen molar-refractivity contribution in [3.8, 4) is 0 Å². The summed E-state index contributed by atoms with van der Waals surface area (Å²) in [5.74, 6) is 0.0913. The van der Waals surface area contributed by atoms with Crippen molar-refractivity contribution in [2.45, 2.75) is 45.1 Å². The van der Waals surface area contributed by atoms with Gasteiger partial charge in [-0.05, 0) is 83.1 Å². The number of carbonyl (C=O) groups excluding carboxylic acids is 3. The normalized spacial score (nSPS) is 13.4. The van der Waals surface area contributed by atoms with E-state index in [2.05, 4.69) is 63.1 Å². The zero-order valence-electron chi connectivity index (χ0n) is 30.4. The van der Waals surface area contributed by atoms with E-state index in [0.29, 0.717) is 35.4 Å². The van der Waals surface area contributed by atoms with Crippen molar-refractivity contribution >= 4 is 83.1 Å². The summed E-state index contributed by atoms with van der Waals surface area (Å²) in [4.78, 5) is 43.4. The lowest BCUT2D eigenvalue weighted by Gasteiger charge is -2.19. The smallest absolute Gasteiger partial charge is 0.345 e. The summed E-state index contributed by atoms with van der Waals surface area (Å²) >= 11 is 6.56. The molecule has 0 spiro atoms. The second-order valence-corrected chi connectivity index (χ2v) is 15.7. The van der Waals surface area contributed by atoms with Crippen molar-refractivity contribution in [1.82, 2.24) is 21.3 Å². The molecule has 16 nitrogen and oxygen atoms in total. The molecule has 2 aliphatic rings. The largest absolute Gasteiger partial charge is 0.428 e. The van der Waals surface area contributed by atoms with Crippen molar-refractivity contribution < 1.29 is 32.1 Å². The van der Waals surface area contributed by atoms with Gasteiger partial charge in [0.05, 0.1) is 29.1 Å². The first-order valence-corrected chi connectivity index (χ1v) is 19.2. The maximum Gasteiger partial charge on any atom is 0.345 e. The van der Waals surface area contributed by atoms with Gasteiger partial charge in [-0.2, -0.15) is 8.42 Å². The summed E-state index contributed by atoms with van der Waals surface area (Å²) < 4.78 is 36.2. The number of guanidine groups is 2. The predicted molar refractivity (Wildman–Crippen MR) is 217 cm³/mol. The van der Waals surface area contributed by atoms with Crippen LogP contribution in [-0.4, -0.2) is 74.4 Å². The average Bonchev–Trinajstić information content (AvgIpc) is 3.77. The lowest BCUT2D eigenvalue weighted by Crippen LogP contribution is -2.39. The van der Waals surface area contributed by atoms with Gasteiger partial charge in [0.2, 0.25) is 5.91 Å². The number of benzene rings is 3. The Morgan fingerprint density at radius 2 is 1.41 bits per heavy atom. The molecule has 2 amide bonds. The molecule has 5 rings (SSSR count). The summed E-state index contributed by atoms with van der Waals surface area (Å²) in [5, 5.41) is 11.2. The molecule has 3 aromatic carbocycles. The highest BCUT2D eigenvalue weighted by Gasteiger charge is 2.16. The molecule has 0 radical (unpaired) electrons. The van der Waals surface area contributed by atoms with Gasteiger partial charge in [-0.3, -0.25) is 29.4 Å². The van der Waals surface area contributed by atoms with Crippen LogP contribution in [0.1, 0.15) is 54.0 Å². The third-order valence-corrected chi connectivity index (χ3v) is 8.36. The molecule has 0 saturated heterocycles. The Morgan fingerprint density at radius 1 is 0.870 bits per heavy atom. The summed E-state index contributed by atoms with van der Waals surface area (Å²) in [6.07, 6.45) is 1.23. The first-order valence-electron chi connectivity index (χ1n) is 16.1. The number of nitrogens with zero attached hydrogens (tertiary/aromatic N) is 2. The van der Waals surface area contributed by atoms with Crippen LogP contribution in [0.5, 0.6) is 0 Å². The number of carbonyl (C=O) groups is 3. The number of hydrogen-bond acceptors (Lipinski definition) is 13. The van der Waals surface area contributed by atoms with Crippen molar-refractivity contribution in [3.05, 3.63) is 98.1 Å². The van der Waals surface area contributed by atoms with Crippen LogP contribution in [0.15, 0.2) is 96.3 Å². The van der Waals surface area contributed by atoms with E-state index in [4.69, 9.17) is 26.5 Å². The van der Waals surface area contributed by atoms with E-state index in [1.54, 1.807) is 48.5 Å². The number of amides is 2. The number of aliphatic imine (C=N–C) groups is 2. The van der Waals surface area contributed by atoms with Crippen molar-refractivity contribution in [3.63, 3.8) is 0 Å². The zero-order chi connectivity index (χ0) is 40.6. The Kier molecular flexibility index (Phi) is 17.6. The molecule has 0 fully saturated rings. The molecule has 0 unspecified atom stereocenters. The maximum atomic E-state index is 12.0. The van der Waals surface area contributed by atoms with Gasteiger partial charge in [0.25, 0.3) is 16.0 Å². The summed E-state index contributed by atoms with van der Waals surface area (Å²) in [6, 6.07) is 16.0. The van der Waals surface area contributed by atoms with E-state index in [0.717, 1.165) is 34.1 Å². The monoisotopic (exact) mass is 893 g/mol. The SMILES string of the molecule is C/C(=C\C(=O)NC(C)(C)C)OC(=O)c1cc(Br)ccc1N.Cc1ccc(S(=O)(=O)O)cc1.NC1=NCCN1.Nc1ccc(Br)cc1C(=O)NC1=NCCN1. The van der Waals surface area contributed by atoms with Crippen LogP contribution in [0.25, 0.3) is 0 Å². The Bertz CT molecular complexity index is 2000. The van der Waals surface area contributed by atoms with Crippen LogP contribution < -0.4 is 38.5 Å². The minimum Gasteiger partial charge on any atom is -0.428 e. The highest BCUT2D eigenvalue weighted by Crippen LogP contribution is 2.20. The zero-order valence-corrected chi connectivity index (χ0v) is 34.4. The number of rotatable bonds is 5. The van der Waals surface area contributed by atoms with Gasteiger partial charge in [0.15, 0.2) is 11.9 Å². The van der Waals surface area contributed by atoms with E-state index in [-0.39, 0.29) is 33.6 Å². The summed E-state index contributed by atoms with van der Waals surface area (Å²) in [5.41, 5.74) is 18.7. The molecule has 0 saturated carbocycles. The van der Waals surface area contributed by atoms with Crippen LogP contribution in [0.4, 0.5) is 11.4 Å². The molecule has 2 heterocycles. The number of ether oxygens (including phenoxy) is 1. The van der Waals surface area contributed by atoms with E-state index in [9.17, 15) is 22.8 Å². The minimum atomic E-state index is -4.02. The number of nitrogens with two attached hydrogens (primary N) is 3.